The highest BCUT2D eigenvalue weighted by molar-refractivity contribution is 8.02. The van der Waals surface area contributed by atoms with Gasteiger partial charge in [-0.05, 0) is 24.6 Å². The van der Waals surface area contributed by atoms with Gasteiger partial charge in [-0.1, -0.05) is 6.07 Å². The van der Waals surface area contributed by atoms with Crippen LogP contribution in [-0.4, -0.2) is 47.5 Å². The molecule has 2 atom stereocenters. The maximum Gasteiger partial charge on any atom is 0.335 e. The Morgan fingerprint density at radius 2 is 2.05 bits per heavy atom. The summed E-state index contributed by atoms with van der Waals surface area (Å²) < 4.78 is 22.8. The third kappa shape index (κ3) is 3.29. The van der Waals surface area contributed by atoms with E-state index < -0.39 is 27.2 Å². The second-order valence-corrected chi connectivity index (χ2v) is 8.05. The lowest BCUT2D eigenvalue weighted by Crippen LogP contribution is -2.19. The molecule has 1 aromatic rings. The third-order valence-corrected chi connectivity index (χ3v) is 6.24. The van der Waals surface area contributed by atoms with Crippen molar-refractivity contribution in [2.24, 2.45) is 0 Å². The van der Waals surface area contributed by atoms with E-state index in [1.165, 1.54) is 17.8 Å². The average molecular weight is 302 g/mol. The van der Waals surface area contributed by atoms with Crippen LogP contribution in [0, 0.1) is 6.92 Å². The van der Waals surface area contributed by atoms with Crippen LogP contribution in [0.4, 0.5) is 0 Å². The lowest BCUT2D eigenvalue weighted by molar-refractivity contribution is 0.0696. The van der Waals surface area contributed by atoms with Crippen molar-refractivity contribution in [2.45, 2.75) is 23.2 Å². The maximum atomic E-state index is 11.4. The quantitative estimate of drug-likeness (QED) is 0.863. The number of carbonyl (C=O) groups is 1. The zero-order chi connectivity index (χ0) is 14.2. The van der Waals surface area contributed by atoms with Gasteiger partial charge in [0.05, 0.1) is 28.4 Å². The van der Waals surface area contributed by atoms with Crippen LogP contribution in [0.5, 0.6) is 0 Å². The summed E-state index contributed by atoms with van der Waals surface area (Å²) in [5.41, 5.74) is 0.844. The summed E-state index contributed by atoms with van der Waals surface area (Å²) in [6, 6.07) is 4.94. The second kappa shape index (κ2) is 5.15. The highest BCUT2D eigenvalue weighted by Crippen LogP contribution is 2.32. The minimum atomic E-state index is -3.19. The Morgan fingerprint density at radius 3 is 2.58 bits per heavy atom. The van der Waals surface area contributed by atoms with E-state index >= 15 is 0 Å². The highest BCUT2D eigenvalue weighted by Gasteiger charge is 2.37. The molecule has 1 aliphatic rings. The smallest absolute Gasteiger partial charge is 0.335 e. The van der Waals surface area contributed by atoms with Crippen molar-refractivity contribution in [1.82, 2.24) is 0 Å². The molecule has 1 fully saturated rings. The Kier molecular flexibility index (Phi) is 3.89. The number of hydrogen-bond acceptors (Lipinski definition) is 5. The molecule has 0 saturated carbocycles. The molecule has 0 bridgehead atoms. The van der Waals surface area contributed by atoms with Crippen molar-refractivity contribution in [3.8, 4) is 0 Å². The molecule has 2 rings (SSSR count). The van der Waals surface area contributed by atoms with Gasteiger partial charge in [-0.25, -0.2) is 13.2 Å². The number of carboxylic acids is 1. The van der Waals surface area contributed by atoms with Crippen LogP contribution < -0.4 is 0 Å². The topological polar surface area (TPSA) is 91.7 Å². The fourth-order valence-corrected chi connectivity index (χ4v) is 5.55. The monoisotopic (exact) mass is 302 g/mol. The van der Waals surface area contributed by atoms with Gasteiger partial charge in [0.2, 0.25) is 0 Å². The van der Waals surface area contributed by atoms with E-state index in [1.807, 2.05) is 0 Å². The molecule has 0 aromatic heterocycles. The van der Waals surface area contributed by atoms with Gasteiger partial charge in [0.15, 0.2) is 9.84 Å². The van der Waals surface area contributed by atoms with Gasteiger partial charge < -0.3 is 10.2 Å². The molecule has 104 valence electrons. The fraction of sp³-hybridized carbons (Fsp3) is 0.417. The lowest BCUT2D eigenvalue weighted by atomic mass is 10.1. The van der Waals surface area contributed by atoms with Crippen molar-refractivity contribution in [2.75, 3.05) is 11.5 Å². The number of rotatable bonds is 3. The standard InChI is InChI=1S/C12H14O5S2/c1-7-2-3-8(4-9(7)12(14)15)18-11-6-19(16,17)5-10(11)13/h2-4,10-11,13H,5-6H2,1H3,(H,14,15). The van der Waals surface area contributed by atoms with Crippen LogP contribution in [0.1, 0.15) is 15.9 Å². The Balaban J connectivity index is 2.21. The molecule has 0 radical (unpaired) electrons. The molecule has 7 heteroatoms. The molecule has 1 aliphatic heterocycles. The first-order valence-electron chi connectivity index (χ1n) is 5.67. The average Bonchev–Trinajstić information content (AvgIpc) is 2.54. The Bertz CT molecular complexity index is 609. The van der Waals surface area contributed by atoms with E-state index in [0.29, 0.717) is 10.5 Å². The van der Waals surface area contributed by atoms with E-state index in [2.05, 4.69) is 0 Å². The summed E-state index contributed by atoms with van der Waals surface area (Å²) in [4.78, 5) is 11.7. The number of aliphatic hydroxyl groups is 1. The number of carboxylic acid groups (broad SMARTS) is 1. The normalized spacial score (nSPS) is 25.4. The Morgan fingerprint density at radius 1 is 1.37 bits per heavy atom. The van der Waals surface area contributed by atoms with E-state index in [-0.39, 0.29) is 17.1 Å². The summed E-state index contributed by atoms with van der Waals surface area (Å²) >= 11 is 1.21. The molecule has 1 heterocycles. The predicted octanol–water partition coefficient (Wildman–Crippen LogP) is 0.943. The van der Waals surface area contributed by atoms with Crippen molar-refractivity contribution < 1.29 is 23.4 Å². The summed E-state index contributed by atoms with van der Waals surface area (Å²) in [6.45, 7) is 1.70. The van der Waals surface area contributed by atoms with Gasteiger partial charge in [0, 0.05) is 4.90 Å². The maximum absolute atomic E-state index is 11.4. The predicted molar refractivity (Wildman–Crippen MR) is 72.4 cm³/mol. The van der Waals surface area contributed by atoms with E-state index in [4.69, 9.17) is 5.11 Å². The zero-order valence-electron chi connectivity index (χ0n) is 10.2. The van der Waals surface area contributed by atoms with Crippen LogP contribution in [0.3, 0.4) is 0 Å². The molecule has 2 N–H and O–H groups in total. The SMILES string of the molecule is Cc1ccc(SC2CS(=O)(=O)CC2O)cc1C(=O)O. The minimum absolute atomic E-state index is 0.0743. The number of aromatic carboxylic acids is 1. The Hall–Kier alpha value is -1.05. The number of aliphatic hydroxyl groups excluding tert-OH is 1. The van der Waals surface area contributed by atoms with Gasteiger partial charge in [-0.2, -0.15) is 0 Å². The summed E-state index contributed by atoms with van der Waals surface area (Å²) in [5.74, 6) is -1.31. The lowest BCUT2D eigenvalue weighted by Gasteiger charge is -2.13. The van der Waals surface area contributed by atoms with Gasteiger partial charge in [0.25, 0.3) is 0 Å². The fourth-order valence-electron chi connectivity index (χ4n) is 1.99. The third-order valence-electron chi connectivity index (χ3n) is 3.00. The molecule has 0 spiro atoms. The number of sulfone groups is 1. The first-order chi connectivity index (χ1) is 8.78. The van der Waals surface area contributed by atoms with Crippen molar-refractivity contribution >= 4 is 27.6 Å². The van der Waals surface area contributed by atoms with E-state index in [9.17, 15) is 18.3 Å². The second-order valence-electron chi connectivity index (χ2n) is 4.58. The van der Waals surface area contributed by atoms with Crippen LogP contribution in [0.25, 0.3) is 0 Å². The molecule has 19 heavy (non-hydrogen) atoms. The minimum Gasteiger partial charge on any atom is -0.478 e. The molecule has 5 nitrogen and oxygen atoms in total. The van der Waals surface area contributed by atoms with Crippen LogP contribution >= 0.6 is 11.8 Å². The van der Waals surface area contributed by atoms with Crippen molar-refractivity contribution in [1.29, 1.82) is 0 Å². The van der Waals surface area contributed by atoms with Crippen LogP contribution in [-0.2, 0) is 9.84 Å². The van der Waals surface area contributed by atoms with Gasteiger partial charge >= 0.3 is 5.97 Å². The molecular formula is C12H14O5S2. The summed E-state index contributed by atoms with van der Waals surface area (Å²) in [5, 5.41) is 18.3. The van der Waals surface area contributed by atoms with Crippen LogP contribution in [0.15, 0.2) is 23.1 Å². The summed E-state index contributed by atoms with van der Waals surface area (Å²) in [6.07, 6.45) is -0.899. The highest BCUT2D eigenvalue weighted by atomic mass is 32.2. The van der Waals surface area contributed by atoms with Crippen molar-refractivity contribution in [3.05, 3.63) is 29.3 Å². The number of thioether (sulfide) groups is 1. The number of aryl methyl sites for hydroxylation is 1. The van der Waals surface area contributed by atoms with E-state index in [0.717, 1.165) is 0 Å². The molecule has 0 aliphatic carbocycles. The van der Waals surface area contributed by atoms with Gasteiger partial charge in [0.1, 0.15) is 0 Å². The zero-order valence-corrected chi connectivity index (χ0v) is 11.9. The van der Waals surface area contributed by atoms with Crippen LogP contribution in [0.2, 0.25) is 0 Å². The number of benzene rings is 1. The summed E-state index contributed by atoms with van der Waals surface area (Å²) in [7, 11) is -3.19. The van der Waals surface area contributed by atoms with Crippen molar-refractivity contribution in [3.63, 3.8) is 0 Å². The molecule has 1 saturated heterocycles. The first kappa shape index (κ1) is 14.4. The Labute approximate surface area is 115 Å². The molecule has 2 unspecified atom stereocenters. The first-order valence-corrected chi connectivity index (χ1v) is 8.38. The largest absolute Gasteiger partial charge is 0.478 e. The van der Waals surface area contributed by atoms with Gasteiger partial charge in [-0.3, -0.25) is 0 Å². The molecular weight excluding hydrogens is 288 g/mol. The molecule has 1 aromatic carbocycles. The van der Waals surface area contributed by atoms with E-state index in [1.54, 1.807) is 19.1 Å². The number of hydrogen-bond donors (Lipinski definition) is 2. The van der Waals surface area contributed by atoms with Gasteiger partial charge in [-0.15, -0.1) is 11.8 Å². The molecule has 0 amide bonds.